The van der Waals surface area contributed by atoms with E-state index < -0.39 is 0 Å². The van der Waals surface area contributed by atoms with Crippen molar-refractivity contribution in [3.05, 3.63) is 95.6 Å². The van der Waals surface area contributed by atoms with Gasteiger partial charge in [-0.15, -0.1) is 0 Å². The first-order valence-corrected chi connectivity index (χ1v) is 12.3. The fraction of sp³-hybridized carbons (Fsp3) is 0.233. The third-order valence-electron chi connectivity index (χ3n) is 6.22. The van der Waals surface area contributed by atoms with E-state index in [9.17, 15) is 0 Å². The Morgan fingerprint density at radius 1 is 0.919 bits per heavy atom. The van der Waals surface area contributed by atoms with Gasteiger partial charge < -0.3 is 19.4 Å². The third kappa shape index (κ3) is 5.38. The maximum Gasteiger partial charge on any atom is 0.0973 e. The van der Waals surface area contributed by atoms with Gasteiger partial charge >= 0.3 is 0 Å². The lowest BCUT2D eigenvalue weighted by atomic mass is 10.1. The Labute approximate surface area is 216 Å². The summed E-state index contributed by atoms with van der Waals surface area (Å²) in [5.74, 6) is 0. The molecule has 1 aliphatic heterocycles. The fourth-order valence-corrected chi connectivity index (χ4v) is 4.42. The number of hydrogen-bond acceptors (Lipinski definition) is 6. The molecule has 0 atom stereocenters. The summed E-state index contributed by atoms with van der Waals surface area (Å²) in [6.45, 7) is 4.97. The number of nitrogens with zero attached hydrogens (tertiary/aromatic N) is 4. The zero-order valence-corrected chi connectivity index (χ0v) is 21.6. The minimum atomic E-state index is -0.162. The fourth-order valence-electron chi connectivity index (χ4n) is 4.42. The number of pyridine rings is 1. The number of aromatic nitrogens is 3. The maximum atomic E-state index is 5.43. The molecule has 188 valence electrons. The van der Waals surface area contributed by atoms with Crippen LogP contribution in [0.4, 0.5) is 11.4 Å². The topological polar surface area (TPSA) is 73.6 Å². The number of fused-ring (bicyclic) bond motifs is 2. The Morgan fingerprint density at radius 3 is 2.38 bits per heavy atom. The van der Waals surface area contributed by atoms with E-state index in [1.165, 1.54) is 5.56 Å². The average molecular weight is 494 g/mol. The van der Waals surface area contributed by atoms with E-state index in [0.717, 1.165) is 50.5 Å². The van der Waals surface area contributed by atoms with E-state index >= 15 is 0 Å². The van der Waals surface area contributed by atoms with Gasteiger partial charge in [-0.1, -0.05) is 29.8 Å². The first kappa shape index (κ1) is 24.6. The summed E-state index contributed by atoms with van der Waals surface area (Å²) < 4.78 is 13.1. The van der Waals surface area contributed by atoms with Gasteiger partial charge in [-0.2, -0.15) is 0 Å². The van der Waals surface area contributed by atoms with Gasteiger partial charge in [0.25, 0.3) is 0 Å². The molecule has 0 bridgehead atoms. The molecule has 2 aliphatic rings. The molecule has 0 saturated heterocycles. The first-order valence-electron chi connectivity index (χ1n) is 12.3. The van der Waals surface area contributed by atoms with Crippen LogP contribution >= 0.6 is 0 Å². The van der Waals surface area contributed by atoms with Crippen LogP contribution in [0.1, 0.15) is 11.3 Å². The van der Waals surface area contributed by atoms with E-state index in [1.54, 1.807) is 14.2 Å². The summed E-state index contributed by atoms with van der Waals surface area (Å²) in [5, 5.41) is 4.31. The van der Waals surface area contributed by atoms with Gasteiger partial charge in [0.15, 0.2) is 0 Å². The highest BCUT2D eigenvalue weighted by atomic mass is 16.5. The summed E-state index contributed by atoms with van der Waals surface area (Å²) in [7, 11) is 3.36. The van der Waals surface area contributed by atoms with Crippen molar-refractivity contribution in [3.8, 4) is 17.1 Å². The second-order valence-electron chi connectivity index (χ2n) is 9.14. The van der Waals surface area contributed by atoms with Gasteiger partial charge in [-0.3, -0.25) is 9.98 Å². The molecule has 2 aromatic carbocycles. The highest BCUT2D eigenvalue weighted by Crippen LogP contribution is 2.30. The van der Waals surface area contributed by atoms with Gasteiger partial charge in [0, 0.05) is 25.6 Å². The predicted octanol–water partition coefficient (Wildman–Crippen LogP) is 5.45. The molecule has 7 nitrogen and oxygen atoms in total. The lowest BCUT2D eigenvalue weighted by Crippen LogP contribution is -2.24. The molecule has 1 aliphatic carbocycles. The Kier molecular flexibility index (Phi) is 7.25. The van der Waals surface area contributed by atoms with Gasteiger partial charge in [0.2, 0.25) is 0 Å². The number of ether oxygens (including phenoxy) is 2. The van der Waals surface area contributed by atoms with Gasteiger partial charge in [0.05, 0.1) is 64.6 Å². The molecule has 0 radical (unpaired) electrons. The van der Waals surface area contributed by atoms with Crippen LogP contribution in [-0.2, 0) is 9.47 Å². The Bertz CT molecular complexity index is 1540. The highest BCUT2D eigenvalue weighted by molar-refractivity contribution is 5.84. The van der Waals surface area contributed by atoms with Crippen LogP contribution in [0, 0.1) is 13.8 Å². The van der Waals surface area contributed by atoms with Crippen LogP contribution in [0.15, 0.2) is 84.0 Å². The first-order chi connectivity index (χ1) is 18.1. The highest BCUT2D eigenvalue weighted by Gasteiger charge is 2.17. The molecule has 0 spiro atoms. The molecule has 5 rings (SSSR count). The number of hydrogen-bond donors (Lipinski definition) is 1. The molecule has 7 heteroatoms. The molecule has 1 aromatic heterocycles. The summed E-state index contributed by atoms with van der Waals surface area (Å²) >= 11 is 0. The van der Waals surface area contributed by atoms with E-state index in [2.05, 4.69) is 64.3 Å². The molecular formula is C30H31N5O2. The van der Waals surface area contributed by atoms with Crippen molar-refractivity contribution in [2.75, 3.05) is 32.8 Å². The summed E-state index contributed by atoms with van der Waals surface area (Å²) in [4.78, 5) is 14.5. The predicted molar refractivity (Wildman–Crippen MR) is 148 cm³/mol. The number of benzene rings is 3. The number of methoxy groups -OCH3 is 2. The molecule has 1 N–H and O–H groups in total. The SMILES string of the molecule is COCC(COC)/N=c1\cc2n(-c3ccc(C)cc3)c3ccccc3nc-2cc1Nc1ccc(C)nc1. The standard InChI is InChI=1S/C30H31N5O2/c1-20-9-13-24(14-10-20)35-29-8-6-5-7-25(29)34-28-15-26(32-22-12-11-21(2)31-17-22)27(16-30(28)35)33-23(18-36-3)19-37-4/h5-17,23,32H,18-19H2,1-4H3/b33-27+. The quantitative estimate of drug-likeness (QED) is 0.291. The molecule has 0 unspecified atom stereocenters. The monoisotopic (exact) mass is 493 g/mol. The van der Waals surface area contributed by atoms with Gasteiger partial charge in [-0.05, 0) is 62.4 Å². The zero-order valence-electron chi connectivity index (χ0n) is 21.6. The van der Waals surface area contributed by atoms with Crippen LogP contribution in [0.3, 0.4) is 0 Å². The van der Waals surface area contributed by atoms with Crippen LogP contribution in [0.25, 0.3) is 28.1 Å². The Morgan fingerprint density at radius 2 is 1.68 bits per heavy atom. The summed E-state index contributed by atoms with van der Waals surface area (Å²) in [6.07, 6.45) is 1.82. The van der Waals surface area contributed by atoms with Crippen LogP contribution < -0.4 is 10.7 Å². The number of para-hydroxylation sites is 2. The molecule has 0 fully saturated rings. The van der Waals surface area contributed by atoms with E-state index in [0.29, 0.717) is 13.2 Å². The maximum absolute atomic E-state index is 5.43. The molecule has 37 heavy (non-hydrogen) atoms. The lowest BCUT2D eigenvalue weighted by Gasteiger charge is -2.21. The molecule has 0 amide bonds. The summed E-state index contributed by atoms with van der Waals surface area (Å²) in [5.41, 5.74) is 8.72. The van der Waals surface area contributed by atoms with E-state index in [-0.39, 0.29) is 6.04 Å². The normalized spacial score (nSPS) is 12.1. The van der Waals surface area contributed by atoms with Crippen LogP contribution in [0.5, 0.6) is 0 Å². The van der Waals surface area contributed by atoms with Gasteiger partial charge in [0.1, 0.15) is 0 Å². The second kappa shape index (κ2) is 10.9. The minimum absolute atomic E-state index is 0.162. The molecule has 0 saturated carbocycles. The van der Waals surface area contributed by atoms with E-state index in [4.69, 9.17) is 19.5 Å². The van der Waals surface area contributed by atoms with Crippen molar-refractivity contribution in [2.24, 2.45) is 4.99 Å². The third-order valence-corrected chi connectivity index (χ3v) is 6.22. The average Bonchev–Trinajstić information content (AvgIpc) is 2.90. The Hall–Kier alpha value is -4.07. The van der Waals surface area contributed by atoms with Crippen molar-refractivity contribution in [2.45, 2.75) is 19.9 Å². The second-order valence-corrected chi connectivity index (χ2v) is 9.14. The van der Waals surface area contributed by atoms with Crippen molar-refractivity contribution in [3.63, 3.8) is 0 Å². The van der Waals surface area contributed by atoms with Crippen molar-refractivity contribution >= 4 is 22.4 Å². The zero-order chi connectivity index (χ0) is 25.8. The van der Waals surface area contributed by atoms with Crippen molar-refractivity contribution in [1.82, 2.24) is 14.5 Å². The van der Waals surface area contributed by atoms with E-state index in [1.807, 2.05) is 43.5 Å². The number of rotatable bonds is 8. The number of nitrogens with one attached hydrogen (secondary N) is 1. The number of aryl methyl sites for hydroxylation is 2. The van der Waals surface area contributed by atoms with Crippen LogP contribution in [-0.4, -0.2) is 48.0 Å². The van der Waals surface area contributed by atoms with Crippen molar-refractivity contribution in [1.29, 1.82) is 0 Å². The largest absolute Gasteiger partial charge is 0.382 e. The van der Waals surface area contributed by atoms with Gasteiger partial charge in [-0.25, -0.2) is 4.98 Å². The molecule has 3 aromatic rings. The smallest absolute Gasteiger partial charge is 0.0973 e. The van der Waals surface area contributed by atoms with Crippen molar-refractivity contribution < 1.29 is 9.47 Å². The molecule has 2 heterocycles. The number of anilines is 2. The molecular weight excluding hydrogens is 462 g/mol. The minimum Gasteiger partial charge on any atom is -0.382 e. The van der Waals surface area contributed by atoms with Crippen LogP contribution in [0.2, 0.25) is 0 Å². The summed E-state index contributed by atoms with van der Waals surface area (Å²) in [6, 6.07) is 24.7. The Balaban J connectivity index is 1.79. The lowest BCUT2D eigenvalue weighted by molar-refractivity contribution is 0.118.